The van der Waals surface area contributed by atoms with Crippen molar-refractivity contribution in [3.05, 3.63) is 29.7 Å². The molecule has 0 aromatic carbocycles. The van der Waals surface area contributed by atoms with Gasteiger partial charge in [0.25, 0.3) is 0 Å². The SMILES string of the molecule is FC(F)(F)c1cccc(-c2nc([C@H]3CC[C@H](C4CNCCCO4)C3)n(C3CC3)n2)n1. The Morgan fingerprint density at radius 1 is 1.10 bits per heavy atom. The number of nitrogens with zero attached hydrogens (tertiary/aromatic N) is 4. The number of hydrogen-bond acceptors (Lipinski definition) is 5. The van der Waals surface area contributed by atoms with Gasteiger partial charge in [-0.05, 0) is 63.1 Å². The third-order valence-electron chi connectivity index (χ3n) is 6.36. The second-order valence-corrected chi connectivity index (χ2v) is 8.61. The van der Waals surface area contributed by atoms with Gasteiger partial charge in [0.15, 0.2) is 5.82 Å². The highest BCUT2D eigenvalue weighted by molar-refractivity contribution is 5.49. The van der Waals surface area contributed by atoms with Crippen molar-refractivity contribution >= 4 is 0 Å². The van der Waals surface area contributed by atoms with E-state index in [-0.39, 0.29) is 17.7 Å². The van der Waals surface area contributed by atoms with Gasteiger partial charge in [0.1, 0.15) is 17.2 Å². The van der Waals surface area contributed by atoms with Crippen LogP contribution in [-0.2, 0) is 10.9 Å². The van der Waals surface area contributed by atoms with Crippen molar-refractivity contribution in [2.45, 2.75) is 62.8 Å². The van der Waals surface area contributed by atoms with Gasteiger partial charge in [-0.15, -0.1) is 5.10 Å². The highest BCUT2D eigenvalue weighted by atomic mass is 19.4. The highest BCUT2D eigenvalue weighted by Crippen LogP contribution is 2.44. The van der Waals surface area contributed by atoms with Gasteiger partial charge in [-0.3, -0.25) is 0 Å². The van der Waals surface area contributed by atoms with Crippen LogP contribution >= 0.6 is 0 Å². The van der Waals surface area contributed by atoms with Crippen LogP contribution in [-0.4, -0.2) is 45.5 Å². The molecule has 2 aromatic heterocycles. The number of pyridine rings is 1. The summed E-state index contributed by atoms with van der Waals surface area (Å²) in [6.07, 6.45) is 1.91. The summed E-state index contributed by atoms with van der Waals surface area (Å²) in [6.45, 7) is 2.67. The predicted octanol–water partition coefficient (Wildman–Crippen LogP) is 3.96. The topological polar surface area (TPSA) is 64.9 Å². The van der Waals surface area contributed by atoms with E-state index in [9.17, 15) is 13.2 Å². The Morgan fingerprint density at radius 3 is 2.77 bits per heavy atom. The van der Waals surface area contributed by atoms with Crippen LogP contribution in [0.1, 0.15) is 62.0 Å². The van der Waals surface area contributed by atoms with Gasteiger partial charge in [-0.1, -0.05) is 6.07 Å². The van der Waals surface area contributed by atoms with Crippen molar-refractivity contribution in [1.29, 1.82) is 0 Å². The first kappa shape index (κ1) is 19.9. The molecule has 2 aliphatic carbocycles. The summed E-state index contributed by atoms with van der Waals surface area (Å²) >= 11 is 0. The van der Waals surface area contributed by atoms with Gasteiger partial charge in [0.05, 0.1) is 12.1 Å². The highest BCUT2D eigenvalue weighted by Gasteiger charge is 2.38. The lowest BCUT2D eigenvalue weighted by Gasteiger charge is -2.22. The molecule has 162 valence electrons. The van der Waals surface area contributed by atoms with Crippen LogP contribution in [0.2, 0.25) is 0 Å². The van der Waals surface area contributed by atoms with Crippen LogP contribution in [0.4, 0.5) is 13.2 Å². The second kappa shape index (κ2) is 7.92. The van der Waals surface area contributed by atoms with Gasteiger partial charge in [-0.2, -0.15) is 13.2 Å². The Labute approximate surface area is 173 Å². The quantitative estimate of drug-likeness (QED) is 0.810. The maximum atomic E-state index is 13.1. The third kappa shape index (κ3) is 4.09. The molecular formula is C21H26F3N5O. The molecule has 0 amide bonds. The first-order valence-electron chi connectivity index (χ1n) is 10.8. The van der Waals surface area contributed by atoms with E-state index < -0.39 is 11.9 Å². The lowest BCUT2D eigenvalue weighted by molar-refractivity contribution is -0.141. The molecule has 3 atom stereocenters. The van der Waals surface area contributed by atoms with E-state index in [1.807, 2.05) is 4.68 Å². The lowest BCUT2D eigenvalue weighted by Crippen LogP contribution is -2.31. The van der Waals surface area contributed by atoms with Gasteiger partial charge >= 0.3 is 6.18 Å². The minimum Gasteiger partial charge on any atom is -0.377 e. The summed E-state index contributed by atoms with van der Waals surface area (Å²) in [5.74, 6) is 1.92. The number of rotatable bonds is 4. The fraction of sp³-hybridized carbons (Fsp3) is 0.667. The Kier molecular flexibility index (Phi) is 5.26. The maximum absolute atomic E-state index is 13.1. The molecule has 1 unspecified atom stereocenters. The van der Waals surface area contributed by atoms with Crippen molar-refractivity contribution in [2.75, 3.05) is 19.7 Å². The number of hydrogen-bond donors (Lipinski definition) is 1. The summed E-state index contributed by atoms with van der Waals surface area (Å²) in [7, 11) is 0. The van der Waals surface area contributed by atoms with Crippen LogP contribution in [0.25, 0.3) is 11.5 Å². The molecule has 1 aliphatic heterocycles. The number of aromatic nitrogens is 4. The first-order chi connectivity index (χ1) is 14.5. The van der Waals surface area contributed by atoms with E-state index in [1.165, 1.54) is 6.07 Å². The molecule has 3 fully saturated rings. The number of halogens is 3. The standard InChI is InChI=1S/C21H26F3N5O/c22-21(23,24)18-4-1-3-16(26-18)19-27-20(29(28-19)15-7-8-15)14-6-5-13(11-14)17-12-25-9-2-10-30-17/h1,3-4,13-15,17,25H,2,5-12H2/t13-,14-,17?/m0/s1. The van der Waals surface area contributed by atoms with E-state index in [4.69, 9.17) is 9.72 Å². The molecule has 5 rings (SSSR count). The summed E-state index contributed by atoms with van der Waals surface area (Å²) in [5, 5.41) is 8.05. The molecule has 0 spiro atoms. The van der Waals surface area contributed by atoms with E-state index in [2.05, 4.69) is 15.4 Å². The van der Waals surface area contributed by atoms with E-state index in [1.54, 1.807) is 6.07 Å². The molecule has 0 radical (unpaired) electrons. The molecule has 2 saturated carbocycles. The van der Waals surface area contributed by atoms with Crippen LogP contribution in [0, 0.1) is 5.92 Å². The molecule has 1 N–H and O–H groups in total. The average Bonchev–Trinajstić information content (AvgIpc) is 3.39. The molecule has 0 bridgehead atoms. The van der Waals surface area contributed by atoms with Crippen molar-refractivity contribution in [3.63, 3.8) is 0 Å². The first-order valence-corrected chi connectivity index (χ1v) is 10.8. The molecular weight excluding hydrogens is 395 g/mol. The summed E-state index contributed by atoms with van der Waals surface area (Å²) in [6, 6.07) is 4.20. The zero-order chi connectivity index (χ0) is 20.7. The second-order valence-electron chi connectivity index (χ2n) is 8.61. The van der Waals surface area contributed by atoms with Crippen molar-refractivity contribution in [2.24, 2.45) is 5.92 Å². The molecule has 3 heterocycles. The summed E-state index contributed by atoms with van der Waals surface area (Å²) in [5.41, 5.74) is -0.736. The Bertz CT molecular complexity index is 887. The van der Waals surface area contributed by atoms with Crippen LogP contribution in [0.3, 0.4) is 0 Å². The molecule has 3 aliphatic rings. The zero-order valence-corrected chi connectivity index (χ0v) is 16.7. The van der Waals surface area contributed by atoms with Crippen LogP contribution in [0.15, 0.2) is 18.2 Å². The number of ether oxygens (including phenoxy) is 1. The lowest BCUT2D eigenvalue weighted by atomic mass is 9.98. The van der Waals surface area contributed by atoms with E-state index in [0.717, 1.165) is 70.1 Å². The van der Waals surface area contributed by atoms with Gasteiger partial charge < -0.3 is 10.1 Å². The third-order valence-corrected chi connectivity index (χ3v) is 6.36. The number of alkyl halides is 3. The molecule has 30 heavy (non-hydrogen) atoms. The van der Waals surface area contributed by atoms with E-state index in [0.29, 0.717) is 17.8 Å². The molecule has 1 saturated heterocycles. The van der Waals surface area contributed by atoms with Crippen molar-refractivity contribution in [3.8, 4) is 11.5 Å². The Morgan fingerprint density at radius 2 is 1.97 bits per heavy atom. The fourth-order valence-electron chi connectivity index (χ4n) is 4.65. The minimum absolute atomic E-state index is 0.177. The van der Waals surface area contributed by atoms with Gasteiger partial charge in [-0.25, -0.2) is 14.6 Å². The predicted molar refractivity (Wildman–Crippen MR) is 104 cm³/mol. The molecule has 6 nitrogen and oxygen atoms in total. The maximum Gasteiger partial charge on any atom is 0.433 e. The summed E-state index contributed by atoms with van der Waals surface area (Å²) < 4.78 is 47.2. The van der Waals surface area contributed by atoms with Crippen molar-refractivity contribution < 1.29 is 17.9 Å². The Hall–Kier alpha value is -2.00. The van der Waals surface area contributed by atoms with Crippen molar-refractivity contribution in [1.82, 2.24) is 25.1 Å². The minimum atomic E-state index is -4.48. The van der Waals surface area contributed by atoms with Crippen LogP contribution < -0.4 is 5.32 Å². The fourth-order valence-corrected chi connectivity index (χ4v) is 4.65. The van der Waals surface area contributed by atoms with Crippen LogP contribution in [0.5, 0.6) is 0 Å². The Balaban J connectivity index is 1.39. The zero-order valence-electron chi connectivity index (χ0n) is 16.7. The largest absolute Gasteiger partial charge is 0.433 e. The smallest absolute Gasteiger partial charge is 0.377 e. The van der Waals surface area contributed by atoms with E-state index >= 15 is 0 Å². The average molecular weight is 421 g/mol. The molecule has 9 heteroatoms. The van der Waals surface area contributed by atoms with Gasteiger partial charge in [0.2, 0.25) is 0 Å². The number of nitrogens with one attached hydrogen (secondary N) is 1. The van der Waals surface area contributed by atoms with Gasteiger partial charge in [0, 0.05) is 19.1 Å². The monoisotopic (exact) mass is 421 g/mol. The summed E-state index contributed by atoms with van der Waals surface area (Å²) in [4.78, 5) is 8.49. The molecule has 2 aromatic rings. The normalized spacial score (nSPS) is 27.9.